The molecule has 0 bridgehead atoms. The first kappa shape index (κ1) is 22.5. The third-order valence-corrected chi connectivity index (χ3v) is 7.08. The topological polar surface area (TPSA) is 36.9 Å². The zero-order valence-corrected chi connectivity index (χ0v) is 19.0. The minimum Gasteiger partial charge on any atom is -0.380 e. The molecule has 0 amide bonds. The van der Waals surface area contributed by atoms with Crippen molar-refractivity contribution < 1.29 is 18.9 Å². The number of benzene rings is 2. The third kappa shape index (κ3) is 5.38. The third-order valence-electron chi connectivity index (χ3n) is 7.08. The Labute approximate surface area is 186 Å². The highest BCUT2D eigenvalue weighted by Gasteiger charge is 2.37. The molecule has 31 heavy (non-hydrogen) atoms. The maximum Gasteiger partial charge on any atom is 0.0719 e. The Bertz CT molecular complexity index is 758. The zero-order chi connectivity index (χ0) is 21.6. The second-order valence-electron chi connectivity index (χ2n) is 9.39. The van der Waals surface area contributed by atoms with Crippen LogP contribution in [-0.4, -0.2) is 39.6 Å². The summed E-state index contributed by atoms with van der Waals surface area (Å²) >= 11 is 0. The van der Waals surface area contributed by atoms with Crippen LogP contribution in [0.1, 0.15) is 48.9 Å². The Kier molecular flexibility index (Phi) is 7.44. The lowest BCUT2D eigenvalue weighted by Gasteiger charge is -2.40. The van der Waals surface area contributed by atoms with E-state index in [1.165, 1.54) is 22.3 Å². The van der Waals surface area contributed by atoms with Crippen molar-refractivity contribution in [2.24, 2.45) is 10.8 Å². The lowest BCUT2D eigenvalue weighted by Crippen LogP contribution is -2.45. The van der Waals surface area contributed by atoms with E-state index in [1.807, 2.05) is 0 Å². The first-order chi connectivity index (χ1) is 15.2. The van der Waals surface area contributed by atoms with Gasteiger partial charge >= 0.3 is 0 Å². The zero-order valence-electron chi connectivity index (χ0n) is 19.0. The van der Waals surface area contributed by atoms with Crippen LogP contribution in [0.25, 0.3) is 0 Å². The maximum absolute atomic E-state index is 6.14. The molecule has 0 radical (unpaired) electrons. The first-order valence-corrected chi connectivity index (χ1v) is 11.6. The predicted molar refractivity (Wildman–Crippen MR) is 122 cm³/mol. The van der Waals surface area contributed by atoms with Gasteiger partial charge in [0.2, 0.25) is 0 Å². The molecular formula is C27H36O4. The van der Waals surface area contributed by atoms with E-state index >= 15 is 0 Å². The van der Waals surface area contributed by atoms with E-state index in [4.69, 9.17) is 18.9 Å². The molecule has 2 aromatic carbocycles. The minimum atomic E-state index is 0.222. The van der Waals surface area contributed by atoms with Crippen LogP contribution < -0.4 is 0 Å². The highest BCUT2D eigenvalue weighted by Crippen LogP contribution is 2.33. The molecule has 2 heterocycles. The van der Waals surface area contributed by atoms with Gasteiger partial charge in [0.05, 0.1) is 52.9 Å². The monoisotopic (exact) mass is 424 g/mol. The van der Waals surface area contributed by atoms with Gasteiger partial charge in [0.1, 0.15) is 0 Å². The van der Waals surface area contributed by atoms with E-state index in [0.29, 0.717) is 13.2 Å². The van der Waals surface area contributed by atoms with Crippen LogP contribution >= 0.6 is 0 Å². The summed E-state index contributed by atoms with van der Waals surface area (Å²) in [4.78, 5) is 0. The largest absolute Gasteiger partial charge is 0.380 e. The van der Waals surface area contributed by atoms with E-state index in [9.17, 15) is 0 Å². The molecule has 2 aliphatic heterocycles. The smallest absolute Gasteiger partial charge is 0.0719 e. The van der Waals surface area contributed by atoms with Crippen LogP contribution in [-0.2, 0) is 38.6 Å². The van der Waals surface area contributed by atoms with Crippen molar-refractivity contribution in [3.05, 3.63) is 70.8 Å². The average molecular weight is 425 g/mol. The van der Waals surface area contributed by atoms with Crippen LogP contribution in [0.4, 0.5) is 0 Å². The van der Waals surface area contributed by atoms with Gasteiger partial charge in [-0.1, -0.05) is 62.4 Å². The normalized spacial score (nSPS) is 18.9. The lowest BCUT2D eigenvalue weighted by molar-refractivity contribution is -0.152. The van der Waals surface area contributed by atoms with Crippen molar-refractivity contribution in [2.75, 3.05) is 39.6 Å². The summed E-state index contributed by atoms with van der Waals surface area (Å²) in [7, 11) is 0. The van der Waals surface area contributed by atoms with Gasteiger partial charge in [0.15, 0.2) is 0 Å². The van der Waals surface area contributed by atoms with Gasteiger partial charge in [-0.2, -0.15) is 0 Å². The van der Waals surface area contributed by atoms with E-state index in [0.717, 1.165) is 58.9 Å². The average Bonchev–Trinajstić information content (AvgIpc) is 2.74. The summed E-state index contributed by atoms with van der Waals surface area (Å²) < 4.78 is 23.1. The quantitative estimate of drug-likeness (QED) is 0.471. The Morgan fingerprint density at radius 1 is 0.645 bits per heavy atom. The van der Waals surface area contributed by atoms with E-state index < -0.39 is 0 Å². The fraction of sp³-hybridized carbons (Fsp3) is 0.556. The molecule has 0 atom stereocenters. The fourth-order valence-electron chi connectivity index (χ4n) is 4.26. The molecule has 0 N–H and O–H groups in total. The first-order valence-electron chi connectivity index (χ1n) is 11.6. The molecule has 0 unspecified atom stereocenters. The highest BCUT2D eigenvalue weighted by atomic mass is 16.5. The molecule has 2 saturated heterocycles. The Morgan fingerprint density at radius 3 is 1.35 bits per heavy atom. The Hall–Kier alpha value is -1.72. The fourth-order valence-corrected chi connectivity index (χ4v) is 4.26. The highest BCUT2D eigenvalue weighted by molar-refractivity contribution is 5.36. The van der Waals surface area contributed by atoms with Crippen LogP contribution in [0.15, 0.2) is 48.5 Å². The van der Waals surface area contributed by atoms with Gasteiger partial charge in [-0.15, -0.1) is 0 Å². The molecular weight excluding hydrogens is 388 g/mol. The standard InChI is InChI=1S/C27H36O4/c1-3-26(18-30-19-26)16-28-14-24-11-7-5-9-22(24)13-23-10-6-8-12-25(23)15-29-17-27(4-2)20-31-21-27/h5-12H,3-4,13-21H2,1-2H3. The summed E-state index contributed by atoms with van der Waals surface area (Å²) in [5, 5.41) is 0. The van der Waals surface area contributed by atoms with Gasteiger partial charge in [0.25, 0.3) is 0 Å². The lowest BCUT2D eigenvalue weighted by atomic mass is 9.84. The van der Waals surface area contributed by atoms with Crippen molar-refractivity contribution in [3.63, 3.8) is 0 Å². The molecule has 0 aliphatic carbocycles. The summed E-state index contributed by atoms with van der Waals surface area (Å²) in [5.41, 5.74) is 5.62. The van der Waals surface area contributed by atoms with Crippen molar-refractivity contribution in [3.8, 4) is 0 Å². The van der Waals surface area contributed by atoms with Crippen molar-refractivity contribution in [1.82, 2.24) is 0 Å². The maximum atomic E-state index is 6.14. The van der Waals surface area contributed by atoms with Gasteiger partial charge in [-0.05, 0) is 41.5 Å². The van der Waals surface area contributed by atoms with Gasteiger partial charge in [-0.3, -0.25) is 0 Å². The van der Waals surface area contributed by atoms with E-state index in [2.05, 4.69) is 62.4 Å². The molecule has 2 aromatic rings. The van der Waals surface area contributed by atoms with Crippen LogP contribution in [0, 0.1) is 10.8 Å². The van der Waals surface area contributed by atoms with Crippen molar-refractivity contribution >= 4 is 0 Å². The SMILES string of the molecule is CCC1(COCc2ccccc2Cc2ccccc2COCC2(CC)COC2)COC1. The minimum absolute atomic E-state index is 0.222. The molecule has 4 rings (SSSR count). The summed E-state index contributed by atoms with van der Waals surface area (Å²) in [5.74, 6) is 0. The van der Waals surface area contributed by atoms with Crippen LogP contribution in [0.3, 0.4) is 0 Å². The summed E-state index contributed by atoms with van der Waals surface area (Å²) in [6.07, 6.45) is 3.10. The summed E-state index contributed by atoms with van der Waals surface area (Å²) in [6, 6.07) is 17.2. The van der Waals surface area contributed by atoms with E-state index in [-0.39, 0.29) is 10.8 Å². The molecule has 0 spiro atoms. The second-order valence-corrected chi connectivity index (χ2v) is 9.39. The van der Waals surface area contributed by atoms with Crippen molar-refractivity contribution in [1.29, 1.82) is 0 Å². The van der Waals surface area contributed by atoms with Crippen LogP contribution in [0.5, 0.6) is 0 Å². The molecule has 2 fully saturated rings. The predicted octanol–water partition coefficient (Wildman–Crippen LogP) is 5.16. The van der Waals surface area contributed by atoms with E-state index in [1.54, 1.807) is 0 Å². The molecule has 4 nitrogen and oxygen atoms in total. The number of hydrogen-bond acceptors (Lipinski definition) is 4. The molecule has 2 aliphatic rings. The number of rotatable bonds is 12. The van der Waals surface area contributed by atoms with Crippen molar-refractivity contribution in [2.45, 2.75) is 46.3 Å². The number of hydrogen-bond donors (Lipinski definition) is 0. The Morgan fingerprint density at radius 2 is 1.03 bits per heavy atom. The van der Waals surface area contributed by atoms with Gasteiger partial charge < -0.3 is 18.9 Å². The van der Waals surface area contributed by atoms with Crippen LogP contribution in [0.2, 0.25) is 0 Å². The molecule has 168 valence electrons. The molecule has 0 aromatic heterocycles. The number of ether oxygens (including phenoxy) is 4. The van der Waals surface area contributed by atoms with Gasteiger partial charge in [0, 0.05) is 10.8 Å². The molecule has 4 heteroatoms. The van der Waals surface area contributed by atoms with Gasteiger partial charge in [-0.25, -0.2) is 0 Å². The summed E-state index contributed by atoms with van der Waals surface area (Å²) in [6.45, 7) is 10.6. The Balaban J connectivity index is 1.36. The molecule has 0 saturated carbocycles. The second kappa shape index (κ2) is 10.3.